The molecule has 1 fully saturated rings. The second kappa shape index (κ2) is 4.53. The minimum Gasteiger partial charge on any atom is -0.397 e. The molecular weight excluding hydrogens is 214 g/mol. The molecule has 0 amide bonds. The molecule has 1 aliphatic heterocycles. The Balaban J connectivity index is 2.05. The van der Waals surface area contributed by atoms with Crippen LogP contribution in [0, 0.1) is 6.92 Å². The summed E-state index contributed by atoms with van der Waals surface area (Å²) >= 11 is 0. The molecule has 1 atom stereocenters. The van der Waals surface area contributed by atoms with Gasteiger partial charge in [0.15, 0.2) is 0 Å². The summed E-state index contributed by atoms with van der Waals surface area (Å²) in [6.07, 6.45) is 3.72. The van der Waals surface area contributed by atoms with E-state index in [-0.39, 0.29) is 5.60 Å². The van der Waals surface area contributed by atoms with Gasteiger partial charge in [-0.1, -0.05) is 0 Å². The molecule has 0 bridgehead atoms. The number of rotatable bonds is 2. The van der Waals surface area contributed by atoms with Gasteiger partial charge < -0.3 is 15.8 Å². The summed E-state index contributed by atoms with van der Waals surface area (Å²) in [7, 11) is 0. The van der Waals surface area contributed by atoms with E-state index in [0.29, 0.717) is 11.7 Å². The van der Waals surface area contributed by atoms with Gasteiger partial charge in [0.2, 0.25) is 0 Å². The van der Waals surface area contributed by atoms with Gasteiger partial charge in [0.25, 0.3) is 0 Å². The molecule has 0 aromatic carbocycles. The highest BCUT2D eigenvalue weighted by atomic mass is 16.5. The zero-order valence-corrected chi connectivity index (χ0v) is 10.8. The van der Waals surface area contributed by atoms with Crippen molar-refractivity contribution in [3.05, 3.63) is 17.8 Å². The number of hydrogen-bond acceptors (Lipinski definition) is 4. The van der Waals surface area contributed by atoms with Crippen molar-refractivity contribution in [2.24, 2.45) is 0 Å². The largest absolute Gasteiger partial charge is 0.397 e. The van der Waals surface area contributed by atoms with E-state index in [9.17, 15) is 0 Å². The highest BCUT2D eigenvalue weighted by Gasteiger charge is 2.29. The van der Waals surface area contributed by atoms with Crippen LogP contribution in [0.1, 0.15) is 32.3 Å². The number of nitrogens with zero attached hydrogens (tertiary/aromatic N) is 1. The topological polar surface area (TPSA) is 60.2 Å². The van der Waals surface area contributed by atoms with E-state index in [1.165, 1.54) is 0 Å². The first kappa shape index (κ1) is 12.2. The van der Waals surface area contributed by atoms with Crippen LogP contribution in [-0.4, -0.2) is 23.2 Å². The second-order valence-electron chi connectivity index (χ2n) is 5.38. The van der Waals surface area contributed by atoms with Gasteiger partial charge in [-0.05, 0) is 45.2 Å². The molecule has 4 heteroatoms. The maximum Gasteiger partial charge on any atom is 0.129 e. The standard InChI is InChI=1S/C13H21N3O/c1-9-6-10(14)8-15-12(9)16-11-4-5-17-13(2,3)7-11/h6,8,11H,4-5,7,14H2,1-3H3,(H,15,16). The summed E-state index contributed by atoms with van der Waals surface area (Å²) in [4.78, 5) is 4.34. The average Bonchev–Trinajstić information content (AvgIpc) is 2.21. The van der Waals surface area contributed by atoms with Gasteiger partial charge >= 0.3 is 0 Å². The molecule has 0 spiro atoms. The van der Waals surface area contributed by atoms with Crippen molar-refractivity contribution < 1.29 is 4.74 Å². The van der Waals surface area contributed by atoms with E-state index in [0.717, 1.165) is 30.8 Å². The Morgan fingerprint density at radius 1 is 1.53 bits per heavy atom. The summed E-state index contributed by atoms with van der Waals surface area (Å²) in [6, 6.07) is 2.37. The van der Waals surface area contributed by atoms with E-state index < -0.39 is 0 Å². The van der Waals surface area contributed by atoms with Gasteiger partial charge in [-0.25, -0.2) is 4.98 Å². The van der Waals surface area contributed by atoms with Crippen LogP contribution in [0.5, 0.6) is 0 Å². The van der Waals surface area contributed by atoms with Crippen LogP contribution in [0.2, 0.25) is 0 Å². The molecule has 4 nitrogen and oxygen atoms in total. The molecule has 0 aliphatic carbocycles. The van der Waals surface area contributed by atoms with Crippen molar-refractivity contribution >= 4 is 11.5 Å². The fourth-order valence-electron chi connectivity index (χ4n) is 2.30. The molecular formula is C13H21N3O. The van der Waals surface area contributed by atoms with Gasteiger partial charge in [-0.15, -0.1) is 0 Å². The van der Waals surface area contributed by atoms with Crippen LogP contribution in [0.15, 0.2) is 12.3 Å². The van der Waals surface area contributed by atoms with E-state index >= 15 is 0 Å². The van der Waals surface area contributed by atoms with E-state index in [2.05, 4.69) is 24.1 Å². The van der Waals surface area contributed by atoms with Gasteiger partial charge in [-0.2, -0.15) is 0 Å². The normalized spacial score (nSPS) is 23.4. The van der Waals surface area contributed by atoms with Crippen LogP contribution in [-0.2, 0) is 4.74 Å². The van der Waals surface area contributed by atoms with E-state index in [1.54, 1.807) is 6.20 Å². The molecule has 1 aliphatic rings. The maximum absolute atomic E-state index is 5.70. The van der Waals surface area contributed by atoms with Crippen molar-refractivity contribution in [2.45, 2.75) is 45.3 Å². The summed E-state index contributed by atoms with van der Waals surface area (Å²) in [5, 5.41) is 3.49. The zero-order chi connectivity index (χ0) is 12.5. The fourth-order valence-corrected chi connectivity index (χ4v) is 2.30. The number of pyridine rings is 1. The van der Waals surface area contributed by atoms with Crippen LogP contribution in [0.4, 0.5) is 11.5 Å². The molecule has 94 valence electrons. The first-order chi connectivity index (χ1) is 7.96. The molecule has 1 aromatic heterocycles. The first-order valence-electron chi connectivity index (χ1n) is 6.09. The Morgan fingerprint density at radius 2 is 2.29 bits per heavy atom. The molecule has 1 unspecified atom stereocenters. The van der Waals surface area contributed by atoms with Crippen molar-refractivity contribution in [3.8, 4) is 0 Å². The van der Waals surface area contributed by atoms with Crippen molar-refractivity contribution in [1.82, 2.24) is 4.98 Å². The third-order valence-corrected chi connectivity index (χ3v) is 3.14. The molecule has 1 saturated heterocycles. The van der Waals surface area contributed by atoms with Crippen LogP contribution >= 0.6 is 0 Å². The van der Waals surface area contributed by atoms with E-state index in [1.807, 2.05) is 13.0 Å². The Bertz CT molecular complexity index is 404. The van der Waals surface area contributed by atoms with Crippen LogP contribution in [0.3, 0.4) is 0 Å². The Kier molecular flexibility index (Phi) is 3.24. The number of nitrogens with two attached hydrogens (primary N) is 1. The van der Waals surface area contributed by atoms with Crippen LogP contribution in [0.25, 0.3) is 0 Å². The minimum absolute atomic E-state index is 0.0440. The molecule has 2 rings (SSSR count). The Labute approximate surface area is 103 Å². The molecule has 2 heterocycles. The van der Waals surface area contributed by atoms with Crippen molar-refractivity contribution in [2.75, 3.05) is 17.7 Å². The molecule has 0 saturated carbocycles. The maximum atomic E-state index is 5.70. The number of aryl methyl sites for hydroxylation is 1. The average molecular weight is 235 g/mol. The number of nitrogen functional groups attached to an aromatic ring is 1. The van der Waals surface area contributed by atoms with Gasteiger partial charge in [0.1, 0.15) is 5.82 Å². The lowest BCUT2D eigenvalue weighted by Crippen LogP contribution is -2.40. The number of aromatic nitrogens is 1. The zero-order valence-electron chi connectivity index (χ0n) is 10.8. The molecule has 1 aromatic rings. The highest BCUT2D eigenvalue weighted by Crippen LogP contribution is 2.26. The predicted octanol–water partition coefficient (Wildman–Crippen LogP) is 2.34. The minimum atomic E-state index is -0.0440. The summed E-state index contributed by atoms with van der Waals surface area (Å²) < 4.78 is 5.70. The number of nitrogens with one attached hydrogen (secondary N) is 1. The predicted molar refractivity (Wildman–Crippen MR) is 70.1 cm³/mol. The van der Waals surface area contributed by atoms with Gasteiger partial charge in [0.05, 0.1) is 17.5 Å². The number of anilines is 2. The number of hydrogen-bond donors (Lipinski definition) is 2. The SMILES string of the molecule is Cc1cc(N)cnc1NC1CCOC(C)(C)C1. The number of ether oxygens (including phenoxy) is 1. The lowest BCUT2D eigenvalue weighted by molar-refractivity contribution is -0.0553. The summed E-state index contributed by atoms with van der Waals surface area (Å²) in [5.41, 5.74) is 7.45. The summed E-state index contributed by atoms with van der Waals surface area (Å²) in [5.74, 6) is 0.932. The summed E-state index contributed by atoms with van der Waals surface area (Å²) in [6.45, 7) is 7.09. The quantitative estimate of drug-likeness (QED) is 0.826. The molecule has 17 heavy (non-hydrogen) atoms. The second-order valence-corrected chi connectivity index (χ2v) is 5.38. The Hall–Kier alpha value is -1.29. The monoisotopic (exact) mass is 235 g/mol. The van der Waals surface area contributed by atoms with Crippen molar-refractivity contribution in [3.63, 3.8) is 0 Å². The highest BCUT2D eigenvalue weighted by molar-refractivity contribution is 5.51. The lowest BCUT2D eigenvalue weighted by atomic mass is 9.94. The third kappa shape index (κ3) is 3.09. The Morgan fingerprint density at radius 3 is 2.94 bits per heavy atom. The van der Waals surface area contributed by atoms with Gasteiger partial charge in [0, 0.05) is 12.6 Å². The van der Waals surface area contributed by atoms with Gasteiger partial charge in [-0.3, -0.25) is 0 Å². The van der Waals surface area contributed by atoms with E-state index in [4.69, 9.17) is 10.5 Å². The molecule has 0 radical (unpaired) electrons. The van der Waals surface area contributed by atoms with Crippen LogP contribution < -0.4 is 11.1 Å². The smallest absolute Gasteiger partial charge is 0.129 e. The first-order valence-corrected chi connectivity index (χ1v) is 6.09. The third-order valence-electron chi connectivity index (χ3n) is 3.14. The fraction of sp³-hybridized carbons (Fsp3) is 0.615. The molecule has 3 N–H and O–H groups in total. The lowest BCUT2D eigenvalue weighted by Gasteiger charge is -2.36. The van der Waals surface area contributed by atoms with Crippen molar-refractivity contribution in [1.29, 1.82) is 0 Å².